The zero-order valence-electron chi connectivity index (χ0n) is 12.3. The van der Waals surface area contributed by atoms with Gasteiger partial charge in [0.15, 0.2) is 4.96 Å². The molecule has 0 atom stereocenters. The van der Waals surface area contributed by atoms with Crippen molar-refractivity contribution >= 4 is 33.8 Å². The Balaban J connectivity index is 1.84. The maximum Gasteiger partial charge on any atom is 0.427 e. The second-order valence-electron chi connectivity index (χ2n) is 5.10. The maximum absolute atomic E-state index is 12.8. The Hall–Kier alpha value is -2.06. The number of aryl methyl sites for hydroxylation is 1. The smallest absolute Gasteiger partial charge is 0.347 e. The summed E-state index contributed by atoms with van der Waals surface area (Å²) in [6, 6.07) is 6.90. The van der Waals surface area contributed by atoms with E-state index in [9.17, 15) is 18.0 Å². The molecule has 3 rings (SSSR count). The molecule has 126 valence electrons. The van der Waals surface area contributed by atoms with Crippen molar-refractivity contribution in [2.45, 2.75) is 19.6 Å². The van der Waals surface area contributed by atoms with Crippen molar-refractivity contribution in [3.05, 3.63) is 57.3 Å². The minimum Gasteiger partial charge on any atom is -0.347 e. The Morgan fingerprint density at radius 1 is 1.33 bits per heavy atom. The highest BCUT2D eigenvalue weighted by molar-refractivity contribution is 7.17. The fraction of sp³-hybridized carbons (Fsp3) is 0.200. The zero-order valence-corrected chi connectivity index (χ0v) is 13.9. The van der Waals surface area contributed by atoms with Crippen molar-refractivity contribution in [1.82, 2.24) is 14.7 Å². The van der Waals surface area contributed by atoms with E-state index in [2.05, 4.69) is 10.3 Å². The minimum atomic E-state index is -4.46. The Labute approximate surface area is 143 Å². The lowest BCUT2D eigenvalue weighted by Crippen LogP contribution is -2.24. The molecular formula is C15H11ClF3N3OS. The predicted octanol–water partition coefficient (Wildman–Crippen LogP) is 4.31. The fourth-order valence-corrected chi connectivity index (χ4v) is 3.25. The van der Waals surface area contributed by atoms with E-state index in [-0.39, 0.29) is 17.2 Å². The van der Waals surface area contributed by atoms with Gasteiger partial charge in [0.05, 0.1) is 5.69 Å². The van der Waals surface area contributed by atoms with Crippen LogP contribution in [0, 0.1) is 6.92 Å². The number of alkyl halides is 3. The third-order valence-electron chi connectivity index (χ3n) is 3.36. The number of carbonyl (C=O) groups excluding carboxylic acids is 1. The summed E-state index contributed by atoms with van der Waals surface area (Å²) in [7, 11) is 0. The van der Waals surface area contributed by atoms with Crippen molar-refractivity contribution in [2.24, 2.45) is 0 Å². The van der Waals surface area contributed by atoms with Crippen LogP contribution in [0.3, 0.4) is 0 Å². The van der Waals surface area contributed by atoms with Crippen molar-refractivity contribution in [3.8, 4) is 0 Å². The van der Waals surface area contributed by atoms with Crippen LogP contribution in [-0.4, -0.2) is 15.3 Å². The zero-order chi connectivity index (χ0) is 17.5. The monoisotopic (exact) mass is 373 g/mol. The van der Waals surface area contributed by atoms with Crippen LogP contribution in [0.15, 0.2) is 30.5 Å². The van der Waals surface area contributed by atoms with Crippen LogP contribution < -0.4 is 5.32 Å². The number of thiazole rings is 1. The number of nitrogens with zero attached hydrogens (tertiary/aromatic N) is 2. The van der Waals surface area contributed by atoms with Crippen LogP contribution in [0.5, 0.6) is 0 Å². The maximum atomic E-state index is 12.8. The van der Waals surface area contributed by atoms with Crippen molar-refractivity contribution < 1.29 is 18.0 Å². The van der Waals surface area contributed by atoms with Crippen LogP contribution in [0.25, 0.3) is 4.96 Å². The first kappa shape index (κ1) is 16.8. The van der Waals surface area contributed by atoms with Gasteiger partial charge in [-0.1, -0.05) is 35.1 Å². The van der Waals surface area contributed by atoms with Crippen LogP contribution in [0.4, 0.5) is 13.2 Å². The van der Waals surface area contributed by atoms with Gasteiger partial charge < -0.3 is 5.32 Å². The number of fused-ring (bicyclic) bond motifs is 1. The summed E-state index contributed by atoms with van der Waals surface area (Å²) in [5.74, 6) is -0.485. The average Bonchev–Trinajstić information content (AvgIpc) is 3.02. The molecule has 0 bridgehead atoms. The summed E-state index contributed by atoms with van der Waals surface area (Å²) < 4.78 is 39.6. The molecule has 0 radical (unpaired) electrons. The molecule has 0 spiro atoms. The highest BCUT2D eigenvalue weighted by atomic mass is 35.5. The number of nitrogens with one attached hydrogen (secondary N) is 1. The molecule has 2 aromatic heterocycles. The number of hydrogen-bond donors (Lipinski definition) is 1. The normalized spacial score (nSPS) is 11.9. The molecular weight excluding hydrogens is 363 g/mol. The molecule has 0 aliphatic rings. The van der Waals surface area contributed by atoms with Crippen LogP contribution in [-0.2, 0) is 12.7 Å². The molecule has 24 heavy (non-hydrogen) atoms. The van der Waals surface area contributed by atoms with Crippen LogP contribution >= 0.6 is 22.9 Å². The highest BCUT2D eigenvalue weighted by Gasteiger charge is 2.34. The van der Waals surface area contributed by atoms with Gasteiger partial charge in [-0.05, 0) is 24.6 Å². The summed E-state index contributed by atoms with van der Waals surface area (Å²) in [6.45, 7) is 1.82. The lowest BCUT2D eigenvalue weighted by molar-refractivity contribution is -0.134. The van der Waals surface area contributed by atoms with Gasteiger partial charge in [0.25, 0.3) is 5.91 Å². The van der Waals surface area contributed by atoms with E-state index in [4.69, 9.17) is 11.6 Å². The summed E-state index contributed by atoms with van der Waals surface area (Å²) in [5, 5.41) is 3.26. The van der Waals surface area contributed by atoms with E-state index in [1.807, 2.05) is 0 Å². The van der Waals surface area contributed by atoms with E-state index < -0.39 is 17.0 Å². The Morgan fingerprint density at radius 3 is 2.62 bits per heavy atom. The van der Waals surface area contributed by atoms with Gasteiger partial charge in [0.2, 0.25) is 0 Å². The first-order valence-electron chi connectivity index (χ1n) is 6.84. The van der Waals surface area contributed by atoms with E-state index in [1.165, 1.54) is 4.40 Å². The molecule has 1 N–H and O–H groups in total. The Kier molecular flexibility index (Phi) is 4.27. The molecule has 4 nitrogen and oxygen atoms in total. The highest BCUT2D eigenvalue weighted by Crippen LogP contribution is 2.35. The van der Waals surface area contributed by atoms with E-state index in [1.54, 1.807) is 31.2 Å². The van der Waals surface area contributed by atoms with Gasteiger partial charge in [-0.15, -0.1) is 0 Å². The van der Waals surface area contributed by atoms with Crippen molar-refractivity contribution in [3.63, 3.8) is 0 Å². The fourth-order valence-electron chi connectivity index (χ4n) is 2.23. The largest absolute Gasteiger partial charge is 0.427 e. The first-order chi connectivity index (χ1) is 11.3. The number of hydrogen-bond acceptors (Lipinski definition) is 3. The standard InChI is InChI=1S/C15H11ClF3N3OS/c1-8-12(13(23)20-6-9-2-4-10(16)5-3-9)22-7-11(15(17,18)19)24-14(22)21-8/h2-5,7H,6H2,1H3,(H,20,23). The number of carbonyl (C=O) groups is 1. The van der Waals surface area contributed by atoms with Gasteiger partial charge in [-0.2, -0.15) is 13.2 Å². The lowest BCUT2D eigenvalue weighted by atomic mass is 10.2. The van der Waals surface area contributed by atoms with E-state index >= 15 is 0 Å². The summed E-state index contributed by atoms with van der Waals surface area (Å²) >= 11 is 6.30. The lowest BCUT2D eigenvalue weighted by Gasteiger charge is -2.06. The number of imidazole rings is 1. The molecule has 9 heteroatoms. The van der Waals surface area contributed by atoms with Gasteiger partial charge in [0.1, 0.15) is 10.6 Å². The summed E-state index contributed by atoms with van der Waals surface area (Å²) in [4.78, 5) is 15.7. The molecule has 3 aromatic rings. The second-order valence-corrected chi connectivity index (χ2v) is 6.55. The number of benzene rings is 1. The minimum absolute atomic E-state index is 0.103. The quantitative estimate of drug-likeness (QED) is 0.743. The molecule has 2 heterocycles. The third kappa shape index (κ3) is 3.25. The van der Waals surface area contributed by atoms with E-state index in [0.29, 0.717) is 22.1 Å². The molecule has 0 aliphatic carbocycles. The number of halogens is 4. The van der Waals surface area contributed by atoms with Gasteiger partial charge >= 0.3 is 6.18 Å². The average molecular weight is 374 g/mol. The van der Waals surface area contributed by atoms with Crippen molar-refractivity contribution in [1.29, 1.82) is 0 Å². The Morgan fingerprint density at radius 2 is 2.00 bits per heavy atom. The first-order valence-corrected chi connectivity index (χ1v) is 8.03. The van der Waals surface area contributed by atoms with Gasteiger partial charge in [0, 0.05) is 17.8 Å². The molecule has 0 aliphatic heterocycles. The van der Waals surface area contributed by atoms with Crippen molar-refractivity contribution in [2.75, 3.05) is 0 Å². The SMILES string of the molecule is Cc1nc2sc(C(F)(F)F)cn2c1C(=O)NCc1ccc(Cl)cc1. The molecule has 0 saturated carbocycles. The predicted molar refractivity (Wildman–Crippen MR) is 85.4 cm³/mol. The molecule has 0 unspecified atom stereocenters. The van der Waals surface area contributed by atoms with Gasteiger partial charge in [-0.25, -0.2) is 4.98 Å². The van der Waals surface area contributed by atoms with Gasteiger partial charge in [-0.3, -0.25) is 9.20 Å². The topological polar surface area (TPSA) is 46.4 Å². The molecule has 0 fully saturated rings. The van der Waals surface area contributed by atoms with Crippen LogP contribution in [0.2, 0.25) is 5.02 Å². The van der Waals surface area contributed by atoms with E-state index in [0.717, 1.165) is 11.8 Å². The Bertz CT molecular complexity index is 899. The summed E-state index contributed by atoms with van der Waals surface area (Å²) in [6.07, 6.45) is -3.56. The number of amides is 1. The number of aromatic nitrogens is 2. The third-order valence-corrected chi connectivity index (χ3v) is 4.64. The van der Waals surface area contributed by atoms with Crippen LogP contribution in [0.1, 0.15) is 26.6 Å². The number of rotatable bonds is 3. The molecule has 1 amide bonds. The molecule has 0 saturated heterocycles. The summed E-state index contributed by atoms with van der Waals surface area (Å²) in [5.41, 5.74) is 1.31. The second kappa shape index (κ2) is 6.10. The molecule has 1 aromatic carbocycles.